The van der Waals surface area contributed by atoms with E-state index in [1.165, 1.54) is 14.2 Å². The molecule has 1 saturated heterocycles. The monoisotopic (exact) mass is 531 g/mol. The van der Waals surface area contributed by atoms with Gasteiger partial charge in [-0.2, -0.15) is 5.26 Å². The molecule has 5 N–H and O–H groups in total. The number of hydrogen-bond acceptors (Lipinski definition) is 9. The Labute approximate surface area is 231 Å². The maximum atomic E-state index is 11.0. The summed E-state index contributed by atoms with van der Waals surface area (Å²) in [5.41, 5.74) is 2.07. The molecule has 13 heteroatoms. The van der Waals surface area contributed by atoms with Gasteiger partial charge in [0.2, 0.25) is 0 Å². The third-order valence-electron chi connectivity index (χ3n) is 5.51. The summed E-state index contributed by atoms with van der Waals surface area (Å²) < 4.78 is 31.5. The average Bonchev–Trinajstić information content (AvgIpc) is 2.85. The van der Waals surface area contributed by atoms with E-state index >= 15 is 0 Å². The van der Waals surface area contributed by atoms with Gasteiger partial charge in [-0.3, -0.25) is 4.52 Å². The molecule has 0 bridgehead atoms. The predicted octanol–water partition coefficient (Wildman–Crippen LogP) is -1.48. The number of aliphatic hydroxyl groups excluding tert-OH is 3. The van der Waals surface area contributed by atoms with Crippen LogP contribution in [0.2, 0.25) is 0 Å². The Hall–Kier alpha value is -1.78. The van der Waals surface area contributed by atoms with Gasteiger partial charge in [0.05, 0.1) is 32.5 Å². The van der Waals surface area contributed by atoms with Crippen molar-refractivity contribution in [2.75, 3.05) is 20.8 Å². The van der Waals surface area contributed by atoms with Crippen molar-refractivity contribution >= 4 is 19.5 Å². The van der Waals surface area contributed by atoms with Crippen molar-refractivity contribution in [3.63, 3.8) is 0 Å². The van der Waals surface area contributed by atoms with Crippen molar-refractivity contribution in [2.45, 2.75) is 30.5 Å². The zero-order valence-corrected chi connectivity index (χ0v) is 22.8. The van der Waals surface area contributed by atoms with Crippen molar-refractivity contribution in [3.8, 4) is 17.6 Å². The molecule has 0 radical (unpaired) electrons. The number of aliphatic hydroxyl groups is 3. The minimum absolute atomic E-state index is 0. The van der Waals surface area contributed by atoms with Crippen LogP contribution >= 0.6 is 7.82 Å². The molecule has 3 rings (SSSR count). The van der Waals surface area contributed by atoms with Crippen molar-refractivity contribution in [1.29, 1.82) is 5.26 Å². The first-order valence-corrected chi connectivity index (χ1v) is 11.9. The van der Waals surface area contributed by atoms with Gasteiger partial charge < -0.3 is 40.7 Å². The van der Waals surface area contributed by atoms with Crippen LogP contribution in [-0.4, -0.2) is 70.3 Å². The molecule has 5 atom stereocenters. The quantitative estimate of drug-likeness (QED) is 0.116. The van der Waals surface area contributed by atoms with Gasteiger partial charge >= 0.3 is 37.4 Å². The van der Waals surface area contributed by atoms with Crippen LogP contribution in [0.1, 0.15) is 24.2 Å². The average molecular weight is 531 g/mol. The number of allylic oxidation sites excluding steroid dienone is 1. The van der Waals surface area contributed by atoms with E-state index in [0.717, 1.165) is 0 Å². The van der Waals surface area contributed by atoms with Crippen LogP contribution in [0.4, 0.5) is 0 Å². The Morgan fingerprint density at radius 2 is 1.69 bits per heavy atom. The SMILES string of the molecule is COc1ccc(/C(C#N)=C/c2ccc([C@@H]3O[C@H](COP(=O)(O)O)[C@@H](O)[C@H](O)[C@H]3O)cc2)cc1OC.[H-].[Na+]. The first kappa shape index (κ1) is 30.4. The van der Waals surface area contributed by atoms with Gasteiger partial charge in [-0.25, -0.2) is 4.57 Å². The van der Waals surface area contributed by atoms with Crippen LogP contribution in [0.15, 0.2) is 42.5 Å². The Balaban J connectivity index is 0.00000342. The molecule has 1 fully saturated rings. The number of benzene rings is 2. The Morgan fingerprint density at radius 3 is 2.25 bits per heavy atom. The minimum atomic E-state index is -4.83. The fourth-order valence-corrected chi connectivity index (χ4v) is 4.01. The molecular formula is C23H27NNaO10P. The van der Waals surface area contributed by atoms with E-state index in [4.69, 9.17) is 24.0 Å². The minimum Gasteiger partial charge on any atom is -1.00 e. The fraction of sp³-hybridized carbons (Fsp3) is 0.348. The number of ether oxygens (including phenoxy) is 3. The van der Waals surface area contributed by atoms with E-state index in [-0.39, 0.29) is 31.0 Å². The summed E-state index contributed by atoms with van der Waals surface area (Å²) in [7, 11) is -1.82. The van der Waals surface area contributed by atoms with E-state index in [1.54, 1.807) is 48.5 Å². The van der Waals surface area contributed by atoms with E-state index in [2.05, 4.69) is 10.6 Å². The maximum absolute atomic E-state index is 11.0. The van der Waals surface area contributed by atoms with E-state index in [1.807, 2.05) is 0 Å². The van der Waals surface area contributed by atoms with Crippen molar-refractivity contribution < 1.29 is 79.4 Å². The van der Waals surface area contributed by atoms with Gasteiger partial charge in [0.15, 0.2) is 11.5 Å². The molecule has 190 valence electrons. The fourth-order valence-electron chi connectivity index (χ4n) is 3.67. The summed E-state index contributed by atoms with van der Waals surface area (Å²) in [6, 6.07) is 13.8. The molecule has 2 aromatic carbocycles. The zero-order valence-electron chi connectivity index (χ0n) is 20.9. The third-order valence-corrected chi connectivity index (χ3v) is 6.00. The summed E-state index contributed by atoms with van der Waals surface area (Å²) in [5, 5.41) is 40.3. The Morgan fingerprint density at radius 1 is 1.06 bits per heavy atom. The molecule has 0 spiro atoms. The summed E-state index contributed by atoms with van der Waals surface area (Å²) in [6.07, 6.45) is -5.49. The molecule has 0 saturated carbocycles. The summed E-state index contributed by atoms with van der Waals surface area (Å²) in [4.78, 5) is 17.8. The number of hydrogen-bond donors (Lipinski definition) is 5. The van der Waals surface area contributed by atoms with Gasteiger partial charge in [-0.05, 0) is 41.0 Å². The van der Waals surface area contributed by atoms with E-state index < -0.39 is 44.9 Å². The molecule has 36 heavy (non-hydrogen) atoms. The van der Waals surface area contributed by atoms with Crippen LogP contribution < -0.4 is 39.0 Å². The van der Waals surface area contributed by atoms with E-state index in [9.17, 15) is 25.1 Å². The molecule has 1 heterocycles. The number of methoxy groups -OCH3 is 2. The molecule has 1 aliphatic rings. The molecule has 0 amide bonds. The predicted molar refractivity (Wildman–Crippen MR) is 124 cm³/mol. The normalized spacial score (nSPS) is 24.4. The van der Waals surface area contributed by atoms with Crippen molar-refractivity contribution in [2.24, 2.45) is 0 Å². The van der Waals surface area contributed by atoms with Crippen LogP contribution in [0.3, 0.4) is 0 Å². The molecular weight excluding hydrogens is 504 g/mol. The first-order chi connectivity index (χ1) is 16.6. The summed E-state index contributed by atoms with van der Waals surface area (Å²) >= 11 is 0. The molecule has 0 aliphatic carbocycles. The molecule has 0 unspecified atom stereocenters. The van der Waals surface area contributed by atoms with Crippen LogP contribution in [0.5, 0.6) is 11.5 Å². The zero-order chi connectivity index (χ0) is 25.8. The molecule has 1 aliphatic heterocycles. The maximum Gasteiger partial charge on any atom is 1.00 e. The number of rotatable bonds is 8. The summed E-state index contributed by atoms with van der Waals surface area (Å²) in [6.45, 7) is -0.691. The van der Waals surface area contributed by atoms with E-state index in [0.29, 0.717) is 33.8 Å². The molecule has 2 aromatic rings. The molecule has 0 aromatic heterocycles. The van der Waals surface area contributed by atoms with Gasteiger partial charge in [-0.1, -0.05) is 24.3 Å². The second kappa shape index (κ2) is 13.1. The van der Waals surface area contributed by atoms with Gasteiger partial charge in [0.25, 0.3) is 0 Å². The van der Waals surface area contributed by atoms with Crippen molar-refractivity contribution in [3.05, 3.63) is 59.2 Å². The second-order valence-electron chi connectivity index (χ2n) is 7.76. The molecule has 11 nitrogen and oxygen atoms in total. The number of phosphoric ester groups is 1. The van der Waals surface area contributed by atoms with Gasteiger partial charge in [0, 0.05) is 0 Å². The van der Waals surface area contributed by atoms with Gasteiger partial charge in [0.1, 0.15) is 30.5 Å². The van der Waals surface area contributed by atoms with Crippen LogP contribution in [0, 0.1) is 11.3 Å². The smallest absolute Gasteiger partial charge is 1.00 e. The topological polar surface area (TPSA) is 179 Å². The standard InChI is InChI=1S/C23H26NO10P.Na.H/c1-31-17-8-7-15(10-18(17)32-2)16(11-24)9-13-3-5-14(6-4-13)23-22(27)21(26)20(25)19(34-23)12-33-35(28,29)30;;/h3-10,19-23,25-27H,12H2,1-2H3,(H2,28,29,30);;/q;+1;-1/b16-9+;;/t19-,20-,21+,22-,23+;;/m1../s1. The van der Waals surface area contributed by atoms with Crippen molar-refractivity contribution in [1.82, 2.24) is 0 Å². The summed E-state index contributed by atoms with van der Waals surface area (Å²) in [5.74, 6) is 1.00. The Kier molecular flexibility index (Phi) is 11.1. The Bertz CT molecular complexity index is 1150. The second-order valence-corrected chi connectivity index (χ2v) is 9.00. The van der Waals surface area contributed by atoms with Gasteiger partial charge in [-0.15, -0.1) is 0 Å². The third kappa shape index (κ3) is 7.38. The van der Waals surface area contributed by atoms with Crippen LogP contribution in [-0.2, 0) is 13.8 Å². The number of phosphoric acid groups is 1. The largest absolute Gasteiger partial charge is 1.00 e. The first-order valence-electron chi connectivity index (χ1n) is 10.4. The number of nitriles is 1. The van der Waals surface area contributed by atoms with Crippen LogP contribution in [0.25, 0.3) is 11.6 Å². The number of nitrogens with zero attached hydrogens (tertiary/aromatic N) is 1.